The molecule has 2 heterocycles. The SMILES string of the molecule is CCNc1nc(C#N)cc2cnc(N[C@@H]3CC(C)(OC(N)=O)[C@H]3C(C)(C)C)nc12. The van der Waals surface area contributed by atoms with Crippen molar-refractivity contribution in [3.8, 4) is 6.07 Å². The molecule has 3 rings (SSSR count). The number of aromatic nitrogens is 3. The van der Waals surface area contributed by atoms with Crippen LogP contribution in [-0.4, -0.2) is 39.2 Å². The van der Waals surface area contributed by atoms with Crippen molar-refractivity contribution in [1.29, 1.82) is 5.26 Å². The summed E-state index contributed by atoms with van der Waals surface area (Å²) in [5.74, 6) is 1.03. The number of nitriles is 1. The summed E-state index contributed by atoms with van der Waals surface area (Å²) in [5.41, 5.74) is 5.46. The van der Waals surface area contributed by atoms with E-state index >= 15 is 0 Å². The van der Waals surface area contributed by atoms with Crippen LogP contribution in [-0.2, 0) is 4.74 Å². The Bertz CT molecular complexity index is 979. The van der Waals surface area contributed by atoms with E-state index in [1.54, 1.807) is 12.3 Å². The van der Waals surface area contributed by atoms with Crippen molar-refractivity contribution >= 4 is 28.8 Å². The number of carbonyl (C=O) groups excluding carboxylic acids is 1. The van der Waals surface area contributed by atoms with Crippen LogP contribution in [0.1, 0.15) is 46.7 Å². The van der Waals surface area contributed by atoms with Crippen LogP contribution < -0.4 is 16.4 Å². The van der Waals surface area contributed by atoms with Gasteiger partial charge in [0.05, 0.1) is 0 Å². The van der Waals surface area contributed by atoms with Crippen molar-refractivity contribution in [2.24, 2.45) is 17.1 Å². The molecule has 4 N–H and O–H groups in total. The summed E-state index contributed by atoms with van der Waals surface area (Å²) in [5, 5.41) is 16.4. The van der Waals surface area contributed by atoms with Crippen LogP contribution in [0.25, 0.3) is 10.9 Å². The van der Waals surface area contributed by atoms with E-state index < -0.39 is 11.7 Å². The Labute approximate surface area is 170 Å². The standard InChI is InChI=1S/C20H27N7O2/c1-6-23-16-14-11(7-12(9-21)25-16)10-24-18(27-14)26-13-8-20(5,29-17(22)28)15(13)19(2,3)4/h7,10,13,15H,6,8H2,1-5H3,(H2,22,28)(H,23,25)(H,24,26,27)/t13-,15-,20?/m1/s1. The smallest absolute Gasteiger partial charge is 0.405 e. The Kier molecular flexibility index (Phi) is 5.22. The number of amides is 1. The molecule has 29 heavy (non-hydrogen) atoms. The molecule has 154 valence electrons. The first-order valence-corrected chi connectivity index (χ1v) is 9.64. The largest absolute Gasteiger partial charge is 0.443 e. The van der Waals surface area contributed by atoms with Gasteiger partial charge in [-0.05, 0) is 25.3 Å². The van der Waals surface area contributed by atoms with Gasteiger partial charge in [0.15, 0.2) is 5.82 Å². The normalized spacial score (nSPS) is 23.7. The third-order valence-corrected chi connectivity index (χ3v) is 5.29. The molecule has 2 aromatic heterocycles. The molecular formula is C20H27N7O2. The van der Waals surface area contributed by atoms with E-state index in [0.717, 1.165) is 5.39 Å². The highest BCUT2D eigenvalue weighted by atomic mass is 16.6. The fourth-order valence-corrected chi connectivity index (χ4v) is 4.56. The molecule has 1 saturated carbocycles. The van der Waals surface area contributed by atoms with E-state index in [0.29, 0.717) is 35.9 Å². The average molecular weight is 397 g/mol. The Morgan fingerprint density at radius 2 is 2.17 bits per heavy atom. The van der Waals surface area contributed by atoms with E-state index in [-0.39, 0.29) is 17.4 Å². The first-order chi connectivity index (χ1) is 13.6. The van der Waals surface area contributed by atoms with E-state index in [9.17, 15) is 10.1 Å². The fraction of sp³-hybridized carbons (Fsp3) is 0.550. The quantitative estimate of drug-likeness (QED) is 0.699. The highest BCUT2D eigenvalue weighted by Crippen LogP contribution is 2.52. The summed E-state index contributed by atoms with van der Waals surface area (Å²) < 4.78 is 5.43. The highest BCUT2D eigenvalue weighted by molar-refractivity contribution is 5.89. The zero-order valence-corrected chi connectivity index (χ0v) is 17.4. The summed E-state index contributed by atoms with van der Waals surface area (Å²) in [6.07, 6.45) is 1.51. The number of nitrogens with two attached hydrogens (primary N) is 1. The topological polar surface area (TPSA) is 139 Å². The molecule has 0 aromatic carbocycles. The second-order valence-electron chi connectivity index (χ2n) is 8.66. The molecule has 2 aromatic rings. The number of carbonyl (C=O) groups is 1. The molecule has 1 aliphatic rings. The lowest BCUT2D eigenvalue weighted by molar-refractivity contribution is -0.132. The van der Waals surface area contributed by atoms with Gasteiger partial charge in [0.25, 0.3) is 0 Å². The van der Waals surface area contributed by atoms with Crippen LogP contribution in [0.3, 0.4) is 0 Å². The molecule has 1 aliphatic carbocycles. The minimum absolute atomic E-state index is 0.0192. The van der Waals surface area contributed by atoms with Gasteiger partial charge in [0.2, 0.25) is 5.95 Å². The molecular weight excluding hydrogens is 370 g/mol. The molecule has 9 heteroatoms. The third-order valence-electron chi connectivity index (χ3n) is 5.29. The number of nitrogens with zero attached hydrogens (tertiary/aromatic N) is 4. The zero-order chi connectivity index (χ0) is 21.4. The second kappa shape index (κ2) is 7.35. The van der Waals surface area contributed by atoms with Crippen molar-refractivity contribution in [2.75, 3.05) is 17.2 Å². The lowest BCUT2D eigenvalue weighted by Crippen LogP contribution is -2.65. The minimum atomic E-state index is -0.767. The van der Waals surface area contributed by atoms with Gasteiger partial charge in [-0.25, -0.2) is 19.7 Å². The number of ether oxygens (including phenoxy) is 1. The number of nitrogens with one attached hydrogen (secondary N) is 2. The van der Waals surface area contributed by atoms with Crippen molar-refractivity contribution in [1.82, 2.24) is 15.0 Å². The maximum absolute atomic E-state index is 11.4. The predicted octanol–water partition coefficient (Wildman–Crippen LogP) is 3.03. The third kappa shape index (κ3) is 4.01. The second-order valence-corrected chi connectivity index (χ2v) is 8.66. The molecule has 0 saturated heterocycles. The number of hydrogen-bond donors (Lipinski definition) is 3. The summed E-state index contributed by atoms with van der Waals surface area (Å²) in [7, 11) is 0. The molecule has 0 aliphatic heterocycles. The maximum Gasteiger partial charge on any atom is 0.405 e. The van der Waals surface area contributed by atoms with Crippen LogP contribution in [0.15, 0.2) is 12.3 Å². The van der Waals surface area contributed by atoms with Gasteiger partial charge in [-0.15, -0.1) is 0 Å². The van der Waals surface area contributed by atoms with Crippen molar-refractivity contribution in [3.05, 3.63) is 18.0 Å². The van der Waals surface area contributed by atoms with E-state index in [2.05, 4.69) is 52.4 Å². The van der Waals surface area contributed by atoms with Crippen LogP contribution in [0, 0.1) is 22.7 Å². The number of rotatable bonds is 5. The summed E-state index contributed by atoms with van der Waals surface area (Å²) in [6.45, 7) is 10.8. The molecule has 0 bridgehead atoms. The van der Waals surface area contributed by atoms with Crippen LogP contribution >= 0.6 is 0 Å². The number of primary amides is 1. The van der Waals surface area contributed by atoms with Gasteiger partial charge in [0, 0.05) is 36.5 Å². The van der Waals surface area contributed by atoms with E-state index in [4.69, 9.17) is 10.5 Å². The molecule has 3 atom stereocenters. The Morgan fingerprint density at radius 1 is 1.45 bits per heavy atom. The maximum atomic E-state index is 11.4. The molecule has 0 radical (unpaired) electrons. The Hall–Kier alpha value is -3.15. The number of fused-ring (bicyclic) bond motifs is 1. The summed E-state index contributed by atoms with van der Waals surface area (Å²) in [6, 6.07) is 3.74. The summed E-state index contributed by atoms with van der Waals surface area (Å²) >= 11 is 0. The van der Waals surface area contributed by atoms with Gasteiger partial charge in [-0.2, -0.15) is 5.26 Å². The van der Waals surface area contributed by atoms with E-state index in [1.165, 1.54) is 0 Å². The summed E-state index contributed by atoms with van der Waals surface area (Å²) in [4.78, 5) is 24.7. The number of pyridine rings is 1. The molecule has 9 nitrogen and oxygen atoms in total. The van der Waals surface area contributed by atoms with Crippen LogP contribution in [0.2, 0.25) is 0 Å². The van der Waals surface area contributed by atoms with Gasteiger partial charge in [-0.1, -0.05) is 20.8 Å². The first kappa shape index (κ1) is 20.6. The predicted molar refractivity (Wildman–Crippen MR) is 110 cm³/mol. The van der Waals surface area contributed by atoms with Crippen molar-refractivity contribution in [3.63, 3.8) is 0 Å². The van der Waals surface area contributed by atoms with Crippen molar-refractivity contribution in [2.45, 2.75) is 52.7 Å². The van der Waals surface area contributed by atoms with Gasteiger partial charge < -0.3 is 21.1 Å². The Balaban J connectivity index is 1.91. The lowest BCUT2D eigenvalue weighted by Gasteiger charge is -2.57. The molecule has 1 unspecified atom stereocenters. The van der Waals surface area contributed by atoms with E-state index in [1.807, 2.05) is 13.8 Å². The van der Waals surface area contributed by atoms with Gasteiger partial charge in [0.1, 0.15) is 22.9 Å². The van der Waals surface area contributed by atoms with Gasteiger partial charge >= 0.3 is 6.09 Å². The molecule has 1 amide bonds. The monoisotopic (exact) mass is 397 g/mol. The minimum Gasteiger partial charge on any atom is -0.443 e. The number of anilines is 2. The Morgan fingerprint density at radius 3 is 2.76 bits per heavy atom. The average Bonchev–Trinajstić information content (AvgIpc) is 2.59. The van der Waals surface area contributed by atoms with Gasteiger partial charge in [-0.3, -0.25) is 0 Å². The molecule has 0 spiro atoms. The molecule has 1 fully saturated rings. The first-order valence-electron chi connectivity index (χ1n) is 9.64. The fourth-order valence-electron chi connectivity index (χ4n) is 4.56. The lowest BCUT2D eigenvalue weighted by atomic mass is 9.56. The number of hydrogen-bond acceptors (Lipinski definition) is 8. The van der Waals surface area contributed by atoms with Crippen molar-refractivity contribution < 1.29 is 9.53 Å². The highest BCUT2D eigenvalue weighted by Gasteiger charge is 2.58. The van der Waals surface area contributed by atoms with Crippen LogP contribution in [0.5, 0.6) is 0 Å². The zero-order valence-electron chi connectivity index (χ0n) is 17.4. The van der Waals surface area contributed by atoms with Crippen LogP contribution in [0.4, 0.5) is 16.6 Å².